The minimum atomic E-state index is -0.169. The second-order valence-corrected chi connectivity index (χ2v) is 6.91. The summed E-state index contributed by atoms with van der Waals surface area (Å²) in [5.41, 5.74) is 5.61. The zero-order chi connectivity index (χ0) is 15.3. The van der Waals surface area contributed by atoms with Crippen LogP contribution in [0, 0.1) is 0 Å². The van der Waals surface area contributed by atoms with Gasteiger partial charge < -0.3 is 11.1 Å². The molecule has 0 saturated carbocycles. The molecule has 1 aliphatic rings. The van der Waals surface area contributed by atoms with Crippen molar-refractivity contribution in [2.75, 3.05) is 32.7 Å². The summed E-state index contributed by atoms with van der Waals surface area (Å²) in [5, 5.41) is 2.99. The molecule has 0 aromatic heterocycles. The smallest absolute Gasteiger partial charge is 0.234 e. The van der Waals surface area contributed by atoms with Crippen LogP contribution < -0.4 is 11.1 Å². The fourth-order valence-corrected chi connectivity index (χ4v) is 2.85. The summed E-state index contributed by atoms with van der Waals surface area (Å²) in [6, 6.07) is 0.190. The van der Waals surface area contributed by atoms with Crippen LogP contribution in [0.2, 0.25) is 0 Å². The Balaban J connectivity index is 2.39. The molecule has 0 bridgehead atoms. The number of amides is 1. The van der Waals surface area contributed by atoms with Crippen molar-refractivity contribution in [2.24, 2.45) is 5.73 Å². The average Bonchev–Trinajstić information content (AvgIpc) is 2.29. The number of nitrogens with two attached hydrogens (primary N) is 1. The summed E-state index contributed by atoms with van der Waals surface area (Å²) in [6.07, 6.45) is 0.944. The van der Waals surface area contributed by atoms with Crippen LogP contribution in [0.4, 0.5) is 0 Å². The van der Waals surface area contributed by atoms with Gasteiger partial charge in [-0.15, -0.1) is 0 Å². The topological polar surface area (TPSA) is 61.6 Å². The van der Waals surface area contributed by atoms with Crippen LogP contribution >= 0.6 is 12.2 Å². The number of carbonyl (C=O) groups is 1. The highest BCUT2D eigenvalue weighted by Gasteiger charge is 2.25. The Hall–Kier alpha value is -0.720. The first-order valence-corrected chi connectivity index (χ1v) is 7.70. The summed E-state index contributed by atoms with van der Waals surface area (Å²) in [6.45, 7) is 12.2. The maximum absolute atomic E-state index is 11.9. The van der Waals surface area contributed by atoms with E-state index in [0.717, 1.165) is 32.6 Å². The molecule has 0 aliphatic carbocycles. The summed E-state index contributed by atoms with van der Waals surface area (Å²) in [4.78, 5) is 17.0. The largest absolute Gasteiger partial charge is 0.392 e. The van der Waals surface area contributed by atoms with Crippen molar-refractivity contribution in [1.29, 1.82) is 0 Å². The molecule has 1 fully saturated rings. The first kappa shape index (κ1) is 17.3. The Morgan fingerprint density at radius 2 is 1.85 bits per heavy atom. The number of rotatable bonds is 5. The Morgan fingerprint density at radius 1 is 1.30 bits per heavy atom. The maximum Gasteiger partial charge on any atom is 0.234 e. The van der Waals surface area contributed by atoms with Gasteiger partial charge in [-0.05, 0) is 27.2 Å². The molecule has 1 rings (SSSR count). The van der Waals surface area contributed by atoms with Gasteiger partial charge >= 0.3 is 0 Å². The molecule has 1 saturated heterocycles. The zero-order valence-electron chi connectivity index (χ0n) is 13.1. The summed E-state index contributed by atoms with van der Waals surface area (Å²) in [7, 11) is 0. The van der Waals surface area contributed by atoms with E-state index >= 15 is 0 Å². The second-order valence-electron chi connectivity index (χ2n) is 6.44. The molecular weight excluding hydrogens is 272 g/mol. The van der Waals surface area contributed by atoms with Crippen LogP contribution in [0.15, 0.2) is 0 Å². The van der Waals surface area contributed by atoms with Crippen LogP contribution in [0.25, 0.3) is 0 Å². The summed E-state index contributed by atoms with van der Waals surface area (Å²) in [5.74, 6) is 0.0901. The molecule has 0 aromatic rings. The molecular formula is C14H28N4OS. The van der Waals surface area contributed by atoms with Crippen LogP contribution in [-0.2, 0) is 4.79 Å². The number of nitrogens with zero attached hydrogens (tertiary/aromatic N) is 2. The van der Waals surface area contributed by atoms with Gasteiger partial charge in [0, 0.05) is 31.7 Å². The molecule has 1 unspecified atom stereocenters. The lowest BCUT2D eigenvalue weighted by molar-refractivity contribution is -0.124. The van der Waals surface area contributed by atoms with Crippen molar-refractivity contribution in [3.05, 3.63) is 0 Å². The second kappa shape index (κ2) is 7.33. The standard InChI is InChI=1S/C14H28N4OS/c1-5-11(13(15)20)18-8-6-17(7-9-18)10-12(19)16-14(2,3)4/h11H,5-10H2,1-4H3,(H2,15,20)(H,16,19). The lowest BCUT2D eigenvalue weighted by atomic mass is 10.1. The Kier molecular flexibility index (Phi) is 6.36. The molecule has 1 heterocycles. The van der Waals surface area contributed by atoms with Gasteiger partial charge in [0.2, 0.25) is 5.91 Å². The molecule has 116 valence electrons. The van der Waals surface area contributed by atoms with E-state index in [1.54, 1.807) is 0 Å². The molecule has 5 nitrogen and oxygen atoms in total. The first-order valence-electron chi connectivity index (χ1n) is 7.29. The first-order chi connectivity index (χ1) is 9.23. The summed E-state index contributed by atoms with van der Waals surface area (Å²) >= 11 is 5.11. The predicted octanol–water partition coefficient (Wildman–Crippen LogP) is 0.583. The average molecular weight is 300 g/mol. The van der Waals surface area contributed by atoms with Crippen molar-refractivity contribution in [1.82, 2.24) is 15.1 Å². The van der Waals surface area contributed by atoms with Crippen LogP contribution in [0.3, 0.4) is 0 Å². The molecule has 3 N–H and O–H groups in total. The van der Waals surface area contributed by atoms with Gasteiger partial charge in [-0.1, -0.05) is 19.1 Å². The minimum absolute atomic E-state index is 0.0901. The molecule has 1 amide bonds. The van der Waals surface area contributed by atoms with Gasteiger partial charge in [-0.3, -0.25) is 14.6 Å². The van der Waals surface area contributed by atoms with E-state index in [2.05, 4.69) is 22.0 Å². The third-order valence-corrected chi connectivity index (χ3v) is 3.72. The number of carbonyl (C=O) groups excluding carboxylic acids is 1. The van der Waals surface area contributed by atoms with E-state index in [9.17, 15) is 4.79 Å². The number of hydrogen-bond acceptors (Lipinski definition) is 4. The minimum Gasteiger partial charge on any atom is -0.392 e. The van der Waals surface area contributed by atoms with Gasteiger partial charge in [0.15, 0.2) is 0 Å². The number of piperazine rings is 1. The Bertz CT molecular complexity index is 346. The molecule has 0 aromatic carbocycles. The van der Waals surface area contributed by atoms with E-state index in [-0.39, 0.29) is 17.5 Å². The highest BCUT2D eigenvalue weighted by molar-refractivity contribution is 7.80. The van der Waals surface area contributed by atoms with E-state index in [4.69, 9.17) is 18.0 Å². The van der Waals surface area contributed by atoms with Crippen molar-refractivity contribution in [3.8, 4) is 0 Å². The molecule has 1 aliphatic heterocycles. The van der Waals surface area contributed by atoms with Gasteiger partial charge in [-0.25, -0.2) is 0 Å². The Morgan fingerprint density at radius 3 is 2.25 bits per heavy atom. The fourth-order valence-electron chi connectivity index (χ4n) is 2.53. The third kappa shape index (κ3) is 5.73. The monoisotopic (exact) mass is 300 g/mol. The molecule has 20 heavy (non-hydrogen) atoms. The van der Waals surface area contributed by atoms with E-state index in [1.807, 2.05) is 20.8 Å². The quantitative estimate of drug-likeness (QED) is 0.728. The predicted molar refractivity (Wildman–Crippen MR) is 86.8 cm³/mol. The van der Waals surface area contributed by atoms with Crippen LogP contribution in [0.1, 0.15) is 34.1 Å². The van der Waals surface area contributed by atoms with Crippen molar-refractivity contribution >= 4 is 23.1 Å². The zero-order valence-corrected chi connectivity index (χ0v) is 13.9. The van der Waals surface area contributed by atoms with Crippen LogP contribution in [-0.4, -0.2) is 65.0 Å². The highest BCUT2D eigenvalue weighted by atomic mass is 32.1. The number of nitrogens with one attached hydrogen (secondary N) is 1. The van der Waals surface area contributed by atoms with Gasteiger partial charge in [0.25, 0.3) is 0 Å². The number of thiocarbonyl (C=S) groups is 1. The molecule has 6 heteroatoms. The van der Waals surface area contributed by atoms with Gasteiger partial charge in [0.05, 0.1) is 17.6 Å². The molecule has 0 spiro atoms. The lowest BCUT2D eigenvalue weighted by Crippen LogP contribution is -2.55. The fraction of sp³-hybridized carbons (Fsp3) is 0.857. The van der Waals surface area contributed by atoms with Crippen molar-refractivity contribution in [2.45, 2.75) is 45.7 Å². The van der Waals surface area contributed by atoms with Crippen LogP contribution in [0.5, 0.6) is 0 Å². The van der Waals surface area contributed by atoms with E-state index in [1.165, 1.54) is 0 Å². The highest BCUT2D eigenvalue weighted by Crippen LogP contribution is 2.10. The molecule has 0 radical (unpaired) electrons. The summed E-state index contributed by atoms with van der Waals surface area (Å²) < 4.78 is 0. The van der Waals surface area contributed by atoms with Crippen molar-refractivity contribution in [3.63, 3.8) is 0 Å². The van der Waals surface area contributed by atoms with Gasteiger partial charge in [-0.2, -0.15) is 0 Å². The molecule has 1 atom stereocenters. The van der Waals surface area contributed by atoms with E-state index < -0.39 is 0 Å². The van der Waals surface area contributed by atoms with E-state index in [0.29, 0.717) is 11.5 Å². The lowest BCUT2D eigenvalue weighted by Gasteiger charge is -2.38. The van der Waals surface area contributed by atoms with Gasteiger partial charge in [0.1, 0.15) is 0 Å². The normalized spacial score (nSPS) is 19.6. The SMILES string of the molecule is CCC(C(N)=S)N1CCN(CC(=O)NC(C)(C)C)CC1. The van der Waals surface area contributed by atoms with Crippen molar-refractivity contribution < 1.29 is 4.79 Å². The Labute approximate surface area is 127 Å². The maximum atomic E-state index is 11.9. The third-order valence-electron chi connectivity index (χ3n) is 3.44. The number of hydrogen-bond donors (Lipinski definition) is 2.